The Morgan fingerprint density at radius 1 is 1.18 bits per heavy atom. The monoisotopic (exact) mass is 383 g/mol. The fourth-order valence-corrected chi connectivity index (χ4v) is 4.20. The third kappa shape index (κ3) is 3.74. The molecule has 4 rings (SSSR count). The van der Waals surface area contributed by atoms with Crippen molar-refractivity contribution >= 4 is 17.7 Å². The van der Waals surface area contributed by atoms with E-state index in [-0.39, 0.29) is 13.2 Å². The van der Waals surface area contributed by atoms with Crippen LogP contribution >= 0.6 is 0 Å². The Bertz CT molecular complexity index is 844. The van der Waals surface area contributed by atoms with Crippen molar-refractivity contribution in [2.75, 3.05) is 11.9 Å². The van der Waals surface area contributed by atoms with Crippen LogP contribution in [0, 0.1) is 0 Å². The van der Waals surface area contributed by atoms with Gasteiger partial charge in [-0.1, -0.05) is 6.07 Å². The number of nitrogens with zero attached hydrogens (tertiary/aromatic N) is 2. The van der Waals surface area contributed by atoms with Crippen molar-refractivity contribution in [1.29, 1.82) is 0 Å². The molecule has 0 saturated carbocycles. The van der Waals surface area contributed by atoms with Crippen molar-refractivity contribution in [2.45, 2.75) is 58.1 Å². The van der Waals surface area contributed by atoms with E-state index in [2.05, 4.69) is 16.5 Å². The minimum atomic E-state index is -1.05. The highest BCUT2D eigenvalue weighted by molar-refractivity contribution is 5.90. The van der Waals surface area contributed by atoms with Crippen molar-refractivity contribution in [3.63, 3.8) is 0 Å². The lowest BCUT2D eigenvalue weighted by Gasteiger charge is -2.19. The standard InChI is InChI=1S/C21H25N3O4/c1-2-27-20(25)18(13-24-11-5-10-22-24)28-21(26)23-19-16-8-3-6-14(16)12-15-7-4-9-17(15)19/h5,10-12,18H,2-4,6-9,13H2,1H3,(H,23,26)/t18-/m1/s1. The average Bonchev–Trinajstić information content (AvgIpc) is 3.42. The molecule has 1 atom stereocenters. The lowest BCUT2D eigenvalue weighted by Crippen LogP contribution is -2.35. The Hall–Kier alpha value is -2.83. The number of amides is 1. The van der Waals surface area contributed by atoms with E-state index >= 15 is 0 Å². The third-order valence-corrected chi connectivity index (χ3v) is 5.41. The number of nitrogens with one attached hydrogen (secondary N) is 1. The molecule has 7 heteroatoms. The normalized spacial score (nSPS) is 15.6. The molecule has 0 bridgehead atoms. The average molecular weight is 383 g/mol. The van der Waals surface area contributed by atoms with E-state index in [0.717, 1.165) is 44.2 Å². The fraction of sp³-hybridized carbons (Fsp3) is 0.476. The predicted octanol–water partition coefficient (Wildman–Crippen LogP) is 3.04. The van der Waals surface area contributed by atoms with E-state index in [1.54, 1.807) is 30.1 Å². The molecule has 0 unspecified atom stereocenters. The molecule has 148 valence electrons. The van der Waals surface area contributed by atoms with Gasteiger partial charge in [-0.05, 0) is 73.8 Å². The number of benzene rings is 1. The minimum Gasteiger partial charge on any atom is -0.463 e. The number of fused-ring (bicyclic) bond motifs is 2. The van der Waals surface area contributed by atoms with E-state index in [1.165, 1.54) is 22.3 Å². The summed E-state index contributed by atoms with van der Waals surface area (Å²) in [6.45, 7) is 2.06. The van der Waals surface area contributed by atoms with Crippen LogP contribution in [0.15, 0.2) is 24.5 Å². The Morgan fingerprint density at radius 2 is 1.89 bits per heavy atom. The second kappa shape index (κ2) is 8.04. The molecule has 2 aliphatic carbocycles. The Morgan fingerprint density at radius 3 is 2.50 bits per heavy atom. The molecule has 1 amide bonds. The van der Waals surface area contributed by atoms with Crippen LogP contribution in [-0.4, -0.2) is 34.6 Å². The number of rotatable bonds is 6. The van der Waals surface area contributed by atoms with Crippen molar-refractivity contribution in [3.8, 4) is 0 Å². The highest BCUT2D eigenvalue weighted by atomic mass is 16.6. The fourth-order valence-electron chi connectivity index (χ4n) is 4.20. The van der Waals surface area contributed by atoms with Gasteiger partial charge in [0.05, 0.1) is 18.8 Å². The van der Waals surface area contributed by atoms with Crippen molar-refractivity contribution in [2.24, 2.45) is 0 Å². The van der Waals surface area contributed by atoms with Gasteiger partial charge in [0, 0.05) is 12.4 Å². The molecule has 0 fully saturated rings. The number of carbonyl (C=O) groups is 2. The Labute approximate surface area is 164 Å². The van der Waals surface area contributed by atoms with Crippen molar-refractivity contribution < 1.29 is 19.1 Å². The number of aromatic nitrogens is 2. The molecule has 1 aromatic heterocycles. The summed E-state index contributed by atoms with van der Waals surface area (Å²) in [5, 5.41) is 7.03. The first-order chi connectivity index (χ1) is 13.7. The van der Waals surface area contributed by atoms with Crippen molar-refractivity contribution in [1.82, 2.24) is 9.78 Å². The second-order valence-corrected chi connectivity index (χ2v) is 7.23. The summed E-state index contributed by atoms with van der Waals surface area (Å²) in [7, 11) is 0. The molecular formula is C21H25N3O4. The van der Waals surface area contributed by atoms with Gasteiger partial charge in [0.2, 0.25) is 6.10 Å². The number of anilines is 1. The minimum absolute atomic E-state index is 0.115. The number of hydrogen-bond donors (Lipinski definition) is 1. The van der Waals surface area contributed by atoms with Crippen LogP contribution in [0.2, 0.25) is 0 Å². The summed E-state index contributed by atoms with van der Waals surface area (Å²) in [5.41, 5.74) is 5.99. The number of aryl methyl sites for hydroxylation is 2. The maximum absolute atomic E-state index is 12.7. The summed E-state index contributed by atoms with van der Waals surface area (Å²) in [6.07, 6.45) is 7.89. The summed E-state index contributed by atoms with van der Waals surface area (Å²) >= 11 is 0. The SMILES string of the molecule is CCOC(=O)[C@@H](Cn1cccn1)OC(=O)Nc1c2c(cc3c1CCC3)CCC2. The molecule has 28 heavy (non-hydrogen) atoms. The molecule has 1 aromatic carbocycles. The first-order valence-corrected chi connectivity index (χ1v) is 9.94. The predicted molar refractivity (Wildman–Crippen MR) is 103 cm³/mol. The summed E-state index contributed by atoms with van der Waals surface area (Å²) < 4.78 is 12.1. The molecule has 0 spiro atoms. The highest BCUT2D eigenvalue weighted by Gasteiger charge is 2.28. The van der Waals surface area contributed by atoms with Crippen molar-refractivity contribution in [3.05, 3.63) is 46.8 Å². The maximum atomic E-state index is 12.7. The molecule has 1 N–H and O–H groups in total. The van der Waals surface area contributed by atoms with Crippen LogP contribution in [0.5, 0.6) is 0 Å². The Kier molecular flexibility index (Phi) is 5.32. The molecule has 0 saturated heterocycles. The molecule has 0 aliphatic heterocycles. The van der Waals surface area contributed by atoms with Gasteiger partial charge in [-0.3, -0.25) is 10.00 Å². The van der Waals surface area contributed by atoms with Gasteiger partial charge in [0.1, 0.15) is 0 Å². The van der Waals surface area contributed by atoms with Crippen LogP contribution in [0.1, 0.15) is 42.0 Å². The summed E-state index contributed by atoms with van der Waals surface area (Å²) in [5.74, 6) is -0.573. The Balaban J connectivity index is 1.52. The van der Waals surface area contributed by atoms with Gasteiger partial charge in [0.15, 0.2) is 0 Å². The van der Waals surface area contributed by atoms with Gasteiger partial charge >= 0.3 is 12.1 Å². The smallest absolute Gasteiger partial charge is 0.412 e. The van der Waals surface area contributed by atoms with Crippen LogP contribution in [-0.2, 0) is 46.5 Å². The maximum Gasteiger partial charge on any atom is 0.412 e. The largest absolute Gasteiger partial charge is 0.463 e. The van der Waals surface area contributed by atoms with Crippen LogP contribution < -0.4 is 5.32 Å². The van der Waals surface area contributed by atoms with Crippen LogP contribution in [0.4, 0.5) is 10.5 Å². The van der Waals surface area contributed by atoms with Gasteiger partial charge in [-0.2, -0.15) is 5.10 Å². The van der Waals surface area contributed by atoms with Gasteiger partial charge < -0.3 is 9.47 Å². The van der Waals surface area contributed by atoms with Gasteiger partial charge in [0.25, 0.3) is 0 Å². The quantitative estimate of drug-likeness (QED) is 0.776. The summed E-state index contributed by atoms with van der Waals surface area (Å²) in [4.78, 5) is 25.0. The van der Waals surface area contributed by atoms with E-state index in [4.69, 9.17) is 9.47 Å². The highest BCUT2D eigenvalue weighted by Crippen LogP contribution is 2.38. The first-order valence-electron chi connectivity index (χ1n) is 9.94. The summed E-state index contributed by atoms with van der Waals surface area (Å²) in [6, 6.07) is 4.05. The molecular weight excluding hydrogens is 358 g/mol. The lowest BCUT2D eigenvalue weighted by atomic mass is 9.99. The molecule has 7 nitrogen and oxygen atoms in total. The lowest BCUT2D eigenvalue weighted by molar-refractivity contribution is -0.153. The topological polar surface area (TPSA) is 82.5 Å². The zero-order valence-corrected chi connectivity index (χ0v) is 16.1. The number of carbonyl (C=O) groups excluding carboxylic acids is 2. The van der Waals surface area contributed by atoms with Gasteiger partial charge in [-0.15, -0.1) is 0 Å². The first kappa shape index (κ1) is 18.5. The molecule has 0 radical (unpaired) electrons. The van der Waals surface area contributed by atoms with E-state index in [0.29, 0.717) is 0 Å². The number of hydrogen-bond acceptors (Lipinski definition) is 5. The van der Waals surface area contributed by atoms with E-state index < -0.39 is 18.2 Å². The molecule has 1 heterocycles. The van der Waals surface area contributed by atoms with Gasteiger partial charge in [-0.25, -0.2) is 9.59 Å². The molecule has 2 aromatic rings. The zero-order chi connectivity index (χ0) is 19.5. The van der Waals surface area contributed by atoms with Crippen LogP contribution in [0.3, 0.4) is 0 Å². The third-order valence-electron chi connectivity index (χ3n) is 5.41. The number of ether oxygens (including phenoxy) is 2. The van der Waals surface area contributed by atoms with E-state index in [1.807, 2.05) is 0 Å². The van der Waals surface area contributed by atoms with Crippen LogP contribution in [0.25, 0.3) is 0 Å². The second-order valence-electron chi connectivity index (χ2n) is 7.23. The number of esters is 1. The van der Waals surface area contributed by atoms with E-state index in [9.17, 15) is 9.59 Å². The zero-order valence-electron chi connectivity index (χ0n) is 16.1. The molecule has 2 aliphatic rings.